The van der Waals surface area contributed by atoms with E-state index < -0.39 is 18.8 Å². The number of alkyl halides is 3. The van der Waals surface area contributed by atoms with Crippen molar-refractivity contribution in [3.8, 4) is 17.3 Å². The van der Waals surface area contributed by atoms with E-state index in [1.165, 1.54) is 29.2 Å². The first-order valence-electron chi connectivity index (χ1n) is 7.32. The van der Waals surface area contributed by atoms with Crippen LogP contribution in [0.2, 0.25) is 0 Å². The highest BCUT2D eigenvalue weighted by Gasteiger charge is 2.28. The van der Waals surface area contributed by atoms with E-state index in [1.54, 1.807) is 13.0 Å². The van der Waals surface area contributed by atoms with Crippen LogP contribution in [0.25, 0.3) is 11.3 Å². The van der Waals surface area contributed by atoms with Crippen LogP contribution in [0.3, 0.4) is 0 Å². The highest BCUT2D eigenvalue weighted by Crippen LogP contribution is 2.18. The zero-order chi connectivity index (χ0) is 18.7. The lowest BCUT2D eigenvalue weighted by atomic mass is 10.2. The zero-order valence-corrected chi connectivity index (χ0v) is 13.4. The summed E-state index contributed by atoms with van der Waals surface area (Å²) in [6.45, 7) is 0.354. The van der Waals surface area contributed by atoms with Gasteiger partial charge in [0.25, 0.3) is 5.56 Å². The first-order valence-corrected chi connectivity index (χ1v) is 7.32. The van der Waals surface area contributed by atoms with Crippen molar-refractivity contribution in [2.24, 2.45) is 0 Å². The fraction of sp³-hybridized carbons (Fsp3) is 0.267. The minimum Gasteiger partial charge on any atom is -0.454 e. The van der Waals surface area contributed by atoms with Crippen LogP contribution in [0.5, 0.6) is 6.01 Å². The molecule has 3 heterocycles. The Morgan fingerprint density at radius 2 is 1.96 bits per heavy atom. The van der Waals surface area contributed by atoms with E-state index in [2.05, 4.69) is 25.0 Å². The molecule has 0 amide bonds. The average Bonchev–Trinajstić information content (AvgIpc) is 3.00. The van der Waals surface area contributed by atoms with Crippen molar-refractivity contribution in [2.45, 2.75) is 19.6 Å². The predicted molar refractivity (Wildman–Crippen MR) is 81.4 cm³/mol. The summed E-state index contributed by atoms with van der Waals surface area (Å²) < 4.78 is 46.9. The Balaban J connectivity index is 1.78. The number of ether oxygens (including phenoxy) is 1. The van der Waals surface area contributed by atoms with Crippen molar-refractivity contribution in [1.82, 2.24) is 24.9 Å². The summed E-state index contributed by atoms with van der Waals surface area (Å²) in [7, 11) is 0. The molecule has 8 nitrogen and oxygen atoms in total. The molecule has 0 aliphatic heterocycles. The van der Waals surface area contributed by atoms with Gasteiger partial charge in [-0.15, -0.1) is 0 Å². The smallest absolute Gasteiger partial charge is 0.422 e. The van der Waals surface area contributed by atoms with Gasteiger partial charge in [-0.05, 0) is 13.0 Å². The maximum atomic E-state index is 12.1. The van der Waals surface area contributed by atoms with E-state index in [9.17, 15) is 18.0 Å². The summed E-state index contributed by atoms with van der Waals surface area (Å²) in [5.41, 5.74) is 0.962. The van der Waals surface area contributed by atoms with E-state index in [0.29, 0.717) is 22.7 Å². The highest BCUT2D eigenvalue weighted by atomic mass is 19.4. The lowest BCUT2D eigenvalue weighted by molar-refractivity contribution is -0.154. The molecule has 0 aromatic carbocycles. The molecule has 136 valence electrons. The van der Waals surface area contributed by atoms with E-state index in [-0.39, 0.29) is 12.1 Å². The molecule has 0 spiro atoms. The minimum atomic E-state index is -4.47. The molecule has 0 aliphatic rings. The van der Waals surface area contributed by atoms with Crippen molar-refractivity contribution in [3.63, 3.8) is 0 Å². The summed E-state index contributed by atoms with van der Waals surface area (Å²) >= 11 is 0. The molecule has 0 aliphatic carbocycles. The largest absolute Gasteiger partial charge is 0.454 e. The standard InChI is InChI=1S/C15H12F3N5O3/c1-9-4-11(22-26-9)7-23-13(24)3-2-12(21-23)10-5-19-14(20-6-10)25-8-15(16,17)18/h2-6H,7-8H2,1H3. The zero-order valence-electron chi connectivity index (χ0n) is 13.4. The van der Waals surface area contributed by atoms with Gasteiger partial charge in [0, 0.05) is 30.1 Å². The molecule has 0 fully saturated rings. The van der Waals surface area contributed by atoms with Crippen molar-refractivity contribution in [1.29, 1.82) is 0 Å². The third kappa shape index (κ3) is 4.43. The van der Waals surface area contributed by atoms with E-state index >= 15 is 0 Å². The van der Waals surface area contributed by atoms with Gasteiger partial charge in [-0.25, -0.2) is 14.6 Å². The molecular weight excluding hydrogens is 355 g/mol. The van der Waals surface area contributed by atoms with Crippen LogP contribution in [0, 0.1) is 6.92 Å². The molecule has 0 N–H and O–H groups in total. The maximum absolute atomic E-state index is 12.1. The van der Waals surface area contributed by atoms with Crippen LogP contribution in [0.15, 0.2) is 39.9 Å². The minimum absolute atomic E-state index is 0.109. The first-order chi connectivity index (χ1) is 12.3. The van der Waals surface area contributed by atoms with Gasteiger partial charge < -0.3 is 9.26 Å². The highest BCUT2D eigenvalue weighted by molar-refractivity contribution is 5.55. The molecule has 0 radical (unpaired) electrons. The summed E-state index contributed by atoms with van der Waals surface area (Å²) in [6.07, 6.45) is -1.95. The third-order valence-corrected chi connectivity index (χ3v) is 3.14. The number of hydrogen-bond acceptors (Lipinski definition) is 7. The molecule has 3 aromatic heterocycles. The van der Waals surface area contributed by atoms with Crippen LogP contribution in [-0.4, -0.2) is 37.7 Å². The molecule has 3 rings (SSSR count). The second-order valence-corrected chi connectivity index (χ2v) is 5.30. The molecule has 3 aromatic rings. The lowest BCUT2D eigenvalue weighted by Crippen LogP contribution is -2.23. The number of aryl methyl sites for hydroxylation is 1. The fourth-order valence-electron chi connectivity index (χ4n) is 2.03. The Morgan fingerprint density at radius 3 is 2.58 bits per heavy atom. The molecule has 0 bridgehead atoms. The first kappa shape index (κ1) is 17.6. The Morgan fingerprint density at radius 1 is 1.23 bits per heavy atom. The average molecular weight is 367 g/mol. The monoisotopic (exact) mass is 367 g/mol. The Labute approximate surface area is 144 Å². The molecule has 11 heteroatoms. The van der Waals surface area contributed by atoms with Crippen LogP contribution in [0.4, 0.5) is 13.2 Å². The second kappa shape index (κ2) is 6.94. The topological polar surface area (TPSA) is 95.9 Å². The lowest BCUT2D eigenvalue weighted by Gasteiger charge is -2.08. The Kier molecular flexibility index (Phi) is 4.69. The second-order valence-electron chi connectivity index (χ2n) is 5.30. The fourth-order valence-corrected chi connectivity index (χ4v) is 2.03. The number of nitrogens with zero attached hydrogens (tertiary/aromatic N) is 5. The number of rotatable bonds is 5. The van der Waals surface area contributed by atoms with Crippen LogP contribution < -0.4 is 10.3 Å². The van der Waals surface area contributed by atoms with Gasteiger partial charge in [0.15, 0.2) is 6.61 Å². The molecule has 26 heavy (non-hydrogen) atoms. The van der Waals surface area contributed by atoms with Crippen molar-refractivity contribution >= 4 is 0 Å². The number of hydrogen-bond donors (Lipinski definition) is 0. The van der Waals surface area contributed by atoms with E-state index in [0.717, 1.165) is 0 Å². The SMILES string of the molecule is Cc1cc(Cn2nc(-c3cnc(OCC(F)(F)F)nc3)ccc2=O)no1. The molecular formula is C15H12F3N5O3. The number of aromatic nitrogens is 5. The molecule has 0 atom stereocenters. The normalized spacial score (nSPS) is 11.5. The van der Waals surface area contributed by atoms with Crippen molar-refractivity contribution in [2.75, 3.05) is 6.61 Å². The predicted octanol–water partition coefficient (Wildman–Crippen LogP) is 1.99. The van der Waals surface area contributed by atoms with Gasteiger partial charge in [-0.1, -0.05) is 5.16 Å². The third-order valence-electron chi connectivity index (χ3n) is 3.14. The Hall–Kier alpha value is -3.24. The summed E-state index contributed by atoms with van der Waals surface area (Å²) in [6, 6.07) is 4.04. The van der Waals surface area contributed by atoms with Crippen LogP contribution in [0.1, 0.15) is 11.5 Å². The molecule has 0 saturated carbocycles. The van der Waals surface area contributed by atoms with Gasteiger partial charge in [-0.2, -0.15) is 18.3 Å². The molecule has 0 saturated heterocycles. The summed E-state index contributed by atoms with van der Waals surface area (Å²) in [5.74, 6) is 0.604. The van der Waals surface area contributed by atoms with Gasteiger partial charge in [0.2, 0.25) is 0 Å². The van der Waals surface area contributed by atoms with Gasteiger partial charge in [0.05, 0.1) is 12.2 Å². The van der Waals surface area contributed by atoms with E-state index in [1.807, 2.05) is 0 Å². The quantitative estimate of drug-likeness (QED) is 0.680. The van der Waals surface area contributed by atoms with Crippen LogP contribution in [-0.2, 0) is 6.54 Å². The van der Waals surface area contributed by atoms with Crippen molar-refractivity contribution in [3.05, 3.63) is 52.4 Å². The van der Waals surface area contributed by atoms with Gasteiger partial charge in [-0.3, -0.25) is 4.79 Å². The van der Waals surface area contributed by atoms with Gasteiger partial charge in [0.1, 0.15) is 11.5 Å². The van der Waals surface area contributed by atoms with Gasteiger partial charge >= 0.3 is 12.2 Å². The summed E-state index contributed by atoms with van der Waals surface area (Å²) in [4.78, 5) is 19.4. The van der Waals surface area contributed by atoms with E-state index in [4.69, 9.17) is 4.52 Å². The molecule has 0 unspecified atom stereocenters. The Bertz CT molecular complexity index is 950. The van der Waals surface area contributed by atoms with Crippen LogP contribution >= 0.6 is 0 Å². The van der Waals surface area contributed by atoms with Crippen molar-refractivity contribution < 1.29 is 22.4 Å². The summed E-state index contributed by atoms with van der Waals surface area (Å²) in [5, 5.41) is 7.98. The number of halogens is 3. The maximum Gasteiger partial charge on any atom is 0.422 e.